The van der Waals surface area contributed by atoms with Crippen molar-refractivity contribution >= 4 is 16.6 Å². The molecular formula is C27H32O. The quantitative estimate of drug-likeness (QED) is 0.502. The topological polar surface area (TPSA) is 17.1 Å². The molecular weight excluding hydrogens is 340 g/mol. The van der Waals surface area contributed by atoms with Gasteiger partial charge in [-0.05, 0) is 90.2 Å². The number of carbonyl (C=O) groups excluding carboxylic acids is 1. The van der Waals surface area contributed by atoms with E-state index in [9.17, 15) is 4.79 Å². The van der Waals surface area contributed by atoms with Crippen LogP contribution >= 0.6 is 0 Å². The molecule has 5 rings (SSSR count). The Morgan fingerprint density at radius 1 is 1.04 bits per heavy atom. The van der Waals surface area contributed by atoms with Gasteiger partial charge in [0.25, 0.3) is 0 Å². The second-order valence-electron chi connectivity index (χ2n) is 10.3. The standard InChI is InChI=1S/C27H32O/c1-15-14-23-21-11-10-18-8-6-7-9-19(18)20(21)12-13-22(23)24-16(2)17(3)26(28)27(4,5)25(15)24/h6-11,15,22-25H,12-14H2,1-5H3. The van der Waals surface area contributed by atoms with Gasteiger partial charge in [-0.3, -0.25) is 4.79 Å². The summed E-state index contributed by atoms with van der Waals surface area (Å²) >= 11 is 0. The summed E-state index contributed by atoms with van der Waals surface area (Å²) in [4.78, 5) is 13.1. The maximum absolute atomic E-state index is 13.1. The number of fused-ring (bicyclic) bond motifs is 7. The molecule has 2 aromatic carbocycles. The van der Waals surface area contributed by atoms with E-state index in [0.29, 0.717) is 35.4 Å². The van der Waals surface area contributed by atoms with E-state index in [-0.39, 0.29) is 5.41 Å². The molecule has 5 unspecified atom stereocenters. The van der Waals surface area contributed by atoms with E-state index in [1.54, 1.807) is 11.1 Å². The van der Waals surface area contributed by atoms with Gasteiger partial charge in [0.15, 0.2) is 5.78 Å². The molecule has 0 radical (unpaired) electrons. The van der Waals surface area contributed by atoms with Crippen LogP contribution in [0.15, 0.2) is 47.5 Å². The number of allylic oxidation sites excluding steroid dienone is 2. The number of ketones is 1. The van der Waals surface area contributed by atoms with E-state index < -0.39 is 0 Å². The van der Waals surface area contributed by atoms with E-state index >= 15 is 0 Å². The lowest BCUT2D eigenvalue weighted by Crippen LogP contribution is -2.52. The second kappa shape index (κ2) is 6.05. The minimum absolute atomic E-state index is 0.234. The first-order valence-corrected chi connectivity index (χ1v) is 11.0. The smallest absolute Gasteiger partial charge is 0.164 e. The third-order valence-corrected chi connectivity index (χ3v) is 8.66. The molecule has 0 bridgehead atoms. The summed E-state index contributed by atoms with van der Waals surface area (Å²) in [7, 11) is 0. The molecule has 0 saturated heterocycles. The number of rotatable bonds is 0. The summed E-state index contributed by atoms with van der Waals surface area (Å²) in [5, 5.41) is 2.83. The van der Waals surface area contributed by atoms with Crippen molar-refractivity contribution in [1.82, 2.24) is 0 Å². The Bertz CT molecular complexity index is 1010. The number of benzene rings is 2. The van der Waals surface area contributed by atoms with Crippen LogP contribution in [0.3, 0.4) is 0 Å². The highest BCUT2D eigenvalue weighted by molar-refractivity contribution is 6.01. The minimum Gasteiger partial charge on any atom is -0.294 e. The van der Waals surface area contributed by atoms with Crippen molar-refractivity contribution in [2.24, 2.45) is 29.1 Å². The molecule has 0 aromatic heterocycles. The van der Waals surface area contributed by atoms with Crippen LogP contribution in [0.5, 0.6) is 0 Å². The van der Waals surface area contributed by atoms with Crippen LogP contribution in [-0.2, 0) is 11.2 Å². The monoisotopic (exact) mass is 372 g/mol. The summed E-state index contributed by atoms with van der Waals surface area (Å²) in [6.07, 6.45) is 3.66. The minimum atomic E-state index is -0.234. The largest absolute Gasteiger partial charge is 0.294 e. The molecule has 0 aliphatic heterocycles. The number of Topliss-reactive ketones (excluding diaryl/α,β-unsaturated/α-hetero) is 1. The van der Waals surface area contributed by atoms with E-state index in [1.807, 2.05) is 0 Å². The summed E-state index contributed by atoms with van der Waals surface area (Å²) in [6.45, 7) is 11.2. The maximum Gasteiger partial charge on any atom is 0.164 e. The highest BCUT2D eigenvalue weighted by Crippen LogP contribution is 2.61. The summed E-state index contributed by atoms with van der Waals surface area (Å²) in [5.41, 5.74) is 5.39. The van der Waals surface area contributed by atoms with Crippen LogP contribution < -0.4 is 0 Å². The zero-order valence-electron chi connectivity index (χ0n) is 17.9. The summed E-state index contributed by atoms with van der Waals surface area (Å²) in [5.74, 6) is 3.31. The van der Waals surface area contributed by atoms with Crippen LogP contribution in [0.4, 0.5) is 0 Å². The lowest BCUT2D eigenvalue weighted by atomic mass is 9.47. The van der Waals surface area contributed by atoms with Gasteiger partial charge in [-0.1, -0.05) is 62.7 Å². The summed E-state index contributed by atoms with van der Waals surface area (Å²) < 4.78 is 0. The van der Waals surface area contributed by atoms with Crippen LogP contribution in [0.1, 0.15) is 64.5 Å². The second-order valence-corrected chi connectivity index (χ2v) is 10.3. The highest BCUT2D eigenvalue weighted by atomic mass is 16.1. The first kappa shape index (κ1) is 18.2. The lowest BCUT2D eigenvalue weighted by Gasteiger charge is -2.56. The van der Waals surface area contributed by atoms with E-state index in [2.05, 4.69) is 71.0 Å². The number of aryl methyl sites for hydroxylation is 1. The van der Waals surface area contributed by atoms with Crippen molar-refractivity contribution in [2.45, 2.75) is 59.8 Å². The van der Waals surface area contributed by atoms with Gasteiger partial charge in [0.1, 0.15) is 0 Å². The molecule has 0 spiro atoms. The van der Waals surface area contributed by atoms with Crippen molar-refractivity contribution in [3.05, 3.63) is 58.7 Å². The van der Waals surface area contributed by atoms with Gasteiger partial charge < -0.3 is 0 Å². The van der Waals surface area contributed by atoms with Gasteiger partial charge in [-0.25, -0.2) is 0 Å². The Kier molecular flexibility index (Phi) is 3.92. The fourth-order valence-corrected chi connectivity index (χ4v) is 7.44. The van der Waals surface area contributed by atoms with E-state index in [1.165, 1.54) is 35.6 Å². The Balaban J connectivity index is 1.66. The molecule has 0 amide bonds. The Labute approximate surface area is 169 Å². The zero-order chi connectivity index (χ0) is 19.8. The van der Waals surface area contributed by atoms with Crippen LogP contribution in [0, 0.1) is 29.1 Å². The van der Waals surface area contributed by atoms with E-state index in [0.717, 1.165) is 5.57 Å². The normalized spacial score (nSPS) is 34.0. The fraction of sp³-hybridized carbons (Fsp3) is 0.519. The Hall–Kier alpha value is -1.89. The molecule has 1 fully saturated rings. The Morgan fingerprint density at radius 2 is 1.79 bits per heavy atom. The van der Waals surface area contributed by atoms with Gasteiger partial charge in [0, 0.05) is 5.41 Å². The zero-order valence-corrected chi connectivity index (χ0v) is 17.9. The number of hydrogen-bond donors (Lipinski definition) is 0. The number of carbonyl (C=O) groups is 1. The molecule has 2 aromatic rings. The predicted molar refractivity (Wildman–Crippen MR) is 116 cm³/mol. The van der Waals surface area contributed by atoms with Gasteiger partial charge in [0.2, 0.25) is 0 Å². The molecule has 3 aliphatic rings. The molecule has 5 atom stereocenters. The first-order chi connectivity index (χ1) is 13.3. The highest BCUT2D eigenvalue weighted by Gasteiger charge is 2.55. The van der Waals surface area contributed by atoms with Gasteiger partial charge >= 0.3 is 0 Å². The molecule has 1 heteroatoms. The average Bonchev–Trinajstić information content (AvgIpc) is 2.69. The van der Waals surface area contributed by atoms with Crippen molar-refractivity contribution in [3.8, 4) is 0 Å². The van der Waals surface area contributed by atoms with Crippen molar-refractivity contribution in [3.63, 3.8) is 0 Å². The Morgan fingerprint density at radius 3 is 2.57 bits per heavy atom. The SMILES string of the molecule is CC1=C(C)C2C3CCc4c(ccc5ccccc45)C3CC(C)C2C(C)(C)C1=O. The van der Waals surface area contributed by atoms with Gasteiger partial charge in [-0.2, -0.15) is 0 Å². The molecule has 0 N–H and O–H groups in total. The molecule has 28 heavy (non-hydrogen) atoms. The molecule has 1 saturated carbocycles. The molecule has 146 valence electrons. The maximum atomic E-state index is 13.1. The summed E-state index contributed by atoms with van der Waals surface area (Å²) in [6, 6.07) is 13.6. The van der Waals surface area contributed by atoms with Crippen LogP contribution in [0.2, 0.25) is 0 Å². The fourth-order valence-electron chi connectivity index (χ4n) is 7.44. The number of hydrogen-bond acceptors (Lipinski definition) is 1. The van der Waals surface area contributed by atoms with Crippen LogP contribution in [-0.4, -0.2) is 5.78 Å². The molecule has 0 heterocycles. The van der Waals surface area contributed by atoms with Crippen LogP contribution in [0.25, 0.3) is 10.8 Å². The third-order valence-electron chi connectivity index (χ3n) is 8.66. The first-order valence-electron chi connectivity index (χ1n) is 11.0. The molecule has 1 nitrogen and oxygen atoms in total. The van der Waals surface area contributed by atoms with Gasteiger partial charge in [0.05, 0.1) is 0 Å². The predicted octanol–water partition coefficient (Wildman–Crippen LogP) is 6.70. The van der Waals surface area contributed by atoms with Crippen molar-refractivity contribution in [1.29, 1.82) is 0 Å². The average molecular weight is 373 g/mol. The van der Waals surface area contributed by atoms with Crippen molar-refractivity contribution < 1.29 is 4.79 Å². The molecule has 3 aliphatic carbocycles. The van der Waals surface area contributed by atoms with Crippen molar-refractivity contribution in [2.75, 3.05) is 0 Å². The van der Waals surface area contributed by atoms with E-state index in [4.69, 9.17) is 0 Å². The third kappa shape index (κ3) is 2.28. The lowest BCUT2D eigenvalue weighted by molar-refractivity contribution is -0.133. The van der Waals surface area contributed by atoms with Gasteiger partial charge in [-0.15, -0.1) is 0 Å².